The van der Waals surface area contributed by atoms with E-state index in [1.54, 1.807) is 0 Å². The minimum absolute atomic E-state index is 1.14. The number of rotatable bonds is 4. The number of fused-ring (bicyclic) bond motifs is 12. The van der Waals surface area contributed by atoms with Crippen LogP contribution in [0.4, 0.5) is 0 Å². The van der Waals surface area contributed by atoms with Crippen molar-refractivity contribution in [3.05, 3.63) is 206 Å². The minimum Gasteiger partial charge on any atom is -0.309 e. The van der Waals surface area contributed by atoms with Crippen LogP contribution >= 0.6 is 0 Å². The molecule has 4 aromatic heterocycles. The van der Waals surface area contributed by atoms with Crippen molar-refractivity contribution >= 4 is 87.2 Å². The van der Waals surface area contributed by atoms with Crippen molar-refractivity contribution < 1.29 is 0 Å². The highest BCUT2D eigenvalue weighted by Crippen LogP contribution is 2.42. The summed E-state index contributed by atoms with van der Waals surface area (Å²) in [4.78, 5) is 0. The fraction of sp³-hybridized carbons (Fsp3) is 0. The van der Waals surface area contributed by atoms with Crippen LogP contribution in [0.25, 0.3) is 110 Å². The number of hydrogen-bond acceptors (Lipinski definition) is 0. The van der Waals surface area contributed by atoms with Gasteiger partial charge in [0.15, 0.2) is 0 Å². The summed E-state index contributed by atoms with van der Waals surface area (Å²) in [5.41, 5.74) is 14.2. The molecule has 0 radical (unpaired) electrons. The van der Waals surface area contributed by atoms with Crippen molar-refractivity contribution in [2.24, 2.45) is 0 Å². The fourth-order valence-corrected chi connectivity index (χ4v) is 9.96. The first kappa shape index (κ1) is 31.4. The number of nitrogens with zero attached hydrogens (tertiary/aromatic N) is 4. The van der Waals surface area contributed by atoms with Crippen LogP contribution in [0.2, 0.25) is 0 Å². The van der Waals surface area contributed by atoms with Crippen molar-refractivity contribution in [1.29, 1.82) is 0 Å². The van der Waals surface area contributed by atoms with Crippen LogP contribution in [0, 0.1) is 0 Å². The van der Waals surface area contributed by atoms with Crippen molar-refractivity contribution in [2.45, 2.75) is 0 Å². The quantitative estimate of drug-likeness (QED) is 0.171. The van der Waals surface area contributed by atoms with Gasteiger partial charge in [0, 0.05) is 60.2 Å². The predicted octanol–water partition coefficient (Wildman–Crippen LogP) is 14.1. The zero-order valence-corrected chi connectivity index (χ0v) is 31.4. The third kappa shape index (κ3) is 4.23. The molecule has 4 nitrogen and oxygen atoms in total. The molecule has 58 heavy (non-hydrogen) atoms. The predicted molar refractivity (Wildman–Crippen MR) is 244 cm³/mol. The average molecular weight is 739 g/mol. The largest absolute Gasteiger partial charge is 0.309 e. The molecule has 0 N–H and O–H groups in total. The highest BCUT2D eigenvalue weighted by atomic mass is 15.1. The van der Waals surface area contributed by atoms with Crippen molar-refractivity contribution in [2.75, 3.05) is 0 Å². The summed E-state index contributed by atoms with van der Waals surface area (Å²) < 4.78 is 9.76. The summed E-state index contributed by atoms with van der Waals surface area (Å²) in [6.45, 7) is 0. The van der Waals surface area contributed by atoms with Crippen LogP contribution in [0.3, 0.4) is 0 Å². The second-order valence-electron chi connectivity index (χ2n) is 15.3. The lowest BCUT2D eigenvalue weighted by Crippen LogP contribution is -2.00. The molecular formula is C54H34N4. The van der Waals surface area contributed by atoms with Gasteiger partial charge < -0.3 is 18.3 Å². The maximum absolute atomic E-state index is 2.47. The number of aromatic nitrogens is 4. The summed E-state index contributed by atoms with van der Waals surface area (Å²) in [5, 5.41) is 9.95. The van der Waals surface area contributed by atoms with Gasteiger partial charge in [-0.05, 0) is 84.9 Å². The van der Waals surface area contributed by atoms with Crippen LogP contribution < -0.4 is 0 Å². The van der Waals surface area contributed by atoms with E-state index in [1.165, 1.54) is 87.2 Å². The van der Waals surface area contributed by atoms with E-state index < -0.39 is 0 Å². The van der Waals surface area contributed by atoms with E-state index in [9.17, 15) is 0 Å². The number of hydrogen-bond donors (Lipinski definition) is 0. The Morgan fingerprint density at radius 2 is 0.569 bits per heavy atom. The summed E-state index contributed by atoms with van der Waals surface area (Å²) in [6.07, 6.45) is 0. The van der Waals surface area contributed by atoms with Crippen LogP contribution in [0.5, 0.6) is 0 Å². The monoisotopic (exact) mass is 738 g/mol. The zero-order chi connectivity index (χ0) is 37.9. The van der Waals surface area contributed by atoms with Gasteiger partial charge in [0.25, 0.3) is 0 Å². The molecule has 4 heterocycles. The lowest BCUT2D eigenvalue weighted by molar-refractivity contribution is 1.13. The third-order valence-corrected chi connectivity index (χ3v) is 12.3. The van der Waals surface area contributed by atoms with Gasteiger partial charge in [-0.15, -0.1) is 0 Å². The van der Waals surface area contributed by atoms with Crippen LogP contribution in [-0.2, 0) is 0 Å². The second kappa shape index (κ2) is 11.8. The molecule has 0 fully saturated rings. The standard InChI is InChI=1S/C54H34N4/c1-2-15-35(16-3-1)57-49-26-12-6-19-40(49)43-22-14-28-53(54(43)57)58-50-27-13-8-21-42(50)45-34-37(30-32-52(45)58)56-48-25-11-7-20-41(48)44-33-36(29-31-51(44)56)55-46-23-9-4-17-38(46)39-18-5-10-24-47(39)55/h1-34H. The molecule has 0 spiro atoms. The van der Waals surface area contributed by atoms with Gasteiger partial charge in [-0.3, -0.25) is 0 Å². The van der Waals surface area contributed by atoms with Gasteiger partial charge in [0.1, 0.15) is 0 Å². The van der Waals surface area contributed by atoms with E-state index >= 15 is 0 Å². The Labute approximate surface area is 333 Å². The smallest absolute Gasteiger partial charge is 0.0782 e. The molecular weight excluding hydrogens is 705 g/mol. The maximum atomic E-state index is 2.47. The zero-order valence-electron chi connectivity index (χ0n) is 31.4. The van der Waals surface area contributed by atoms with Gasteiger partial charge in [0.05, 0.1) is 49.8 Å². The minimum atomic E-state index is 1.14. The molecule has 0 atom stereocenters. The highest BCUT2D eigenvalue weighted by Gasteiger charge is 2.21. The lowest BCUT2D eigenvalue weighted by atomic mass is 10.1. The van der Waals surface area contributed by atoms with Crippen LogP contribution in [-0.4, -0.2) is 18.3 Å². The molecule has 0 aliphatic rings. The van der Waals surface area contributed by atoms with E-state index in [1.807, 2.05) is 0 Å². The Bertz CT molecular complexity index is 3740. The van der Waals surface area contributed by atoms with Gasteiger partial charge in [-0.25, -0.2) is 0 Å². The highest BCUT2D eigenvalue weighted by molar-refractivity contribution is 6.16. The summed E-state index contributed by atoms with van der Waals surface area (Å²) in [5.74, 6) is 0. The second-order valence-corrected chi connectivity index (χ2v) is 15.3. The molecule has 0 aliphatic carbocycles. The molecule has 13 rings (SSSR count). The van der Waals surface area contributed by atoms with Crippen molar-refractivity contribution in [3.63, 3.8) is 0 Å². The molecule has 0 unspecified atom stereocenters. The topological polar surface area (TPSA) is 19.7 Å². The Morgan fingerprint density at radius 1 is 0.207 bits per heavy atom. The van der Waals surface area contributed by atoms with Gasteiger partial charge in [0.2, 0.25) is 0 Å². The van der Waals surface area contributed by atoms with Crippen LogP contribution in [0.15, 0.2) is 206 Å². The summed E-state index contributed by atoms with van der Waals surface area (Å²) in [6, 6.07) is 75.4. The van der Waals surface area contributed by atoms with E-state index in [0.29, 0.717) is 0 Å². The molecule has 4 heteroatoms. The maximum Gasteiger partial charge on any atom is 0.0782 e. The Balaban J connectivity index is 1.06. The Kier molecular flexibility index (Phi) is 6.41. The molecule has 0 saturated heterocycles. The molecule has 0 saturated carbocycles. The first-order valence-corrected chi connectivity index (χ1v) is 20.0. The Hall–Kier alpha value is -7.82. The van der Waals surface area contributed by atoms with Crippen LogP contribution in [0.1, 0.15) is 0 Å². The fourth-order valence-electron chi connectivity index (χ4n) is 9.96. The summed E-state index contributed by atoms with van der Waals surface area (Å²) >= 11 is 0. The SMILES string of the molecule is c1ccc(-n2c3ccccc3c3cccc(-n4c5ccccc5c5cc(-n6c7ccccc7c7cc(-n8c9ccccc9c9ccccc98)ccc76)ccc54)c32)cc1. The molecule has 0 aliphatic heterocycles. The van der Waals surface area contributed by atoms with Gasteiger partial charge in [-0.1, -0.05) is 121 Å². The van der Waals surface area contributed by atoms with E-state index in [-0.39, 0.29) is 0 Å². The first-order chi connectivity index (χ1) is 28.8. The van der Waals surface area contributed by atoms with E-state index in [2.05, 4.69) is 225 Å². The molecule has 270 valence electrons. The molecule has 13 aromatic rings. The first-order valence-electron chi connectivity index (χ1n) is 20.0. The molecule has 0 bridgehead atoms. The number of para-hydroxylation sites is 7. The molecule has 9 aromatic carbocycles. The molecule has 0 amide bonds. The third-order valence-electron chi connectivity index (χ3n) is 12.3. The number of benzene rings is 9. The van der Waals surface area contributed by atoms with E-state index in [4.69, 9.17) is 0 Å². The van der Waals surface area contributed by atoms with Gasteiger partial charge >= 0.3 is 0 Å². The lowest BCUT2D eigenvalue weighted by Gasteiger charge is -2.14. The van der Waals surface area contributed by atoms with E-state index in [0.717, 1.165) is 22.7 Å². The van der Waals surface area contributed by atoms with Gasteiger partial charge in [-0.2, -0.15) is 0 Å². The average Bonchev–Trinajstić information content (AvgIpc) is 4.01. The van der Waals surface area contributed by atoms with Crippen molar-refractivity contribution in [1.82, 2.24) is 18.3 Å². The normalized spacial score (nSPS) is 12.1. The summed E-state index contributed by atoms with van der Waals surface area (Å²) in [7, 11) is 0. The Morgan fingerprint density at radius 3 is 1.09 bits per heavy atom. The van der Waals surface area contributed by atoms with Crippen molar-refractivity contribution in [3.8, 4) is 22.7 Å².